The Labute approximate surface area is 138 Å². The second-order valence-electron chi connectivity index (χ2n) is 5.72. The first-order chi connectivity index (χ1) is 10.9. The fourth-order valence-corrected chi connectivity index (χ4v) is 3.71. The Morgan fingerprint density at radius 2 is 2.04 bits per heavy atom. The van der Waals surface area contributed by atoms with Crippen LogP contribution in [-0.4, -0.2) is 22.1 Å². The quantitative estimate of drug-likeness (QED) is 0.760. The summed E-state index contributed by atoms with van der Waals surface area (Å²) in [4.78, 5) is 15.1. The number of ether oxygens (including phenoxy) is 1. The van der Waals surface area contributed by atoms with Crippen molar-refractivity contribution in [3.05, 3.63) is 34.8 Å². The van der Waals surface area contributed by atoms with Crippen LogP contribution in [0.1, 0.15) is 24.3 Å². The molecule has 0 unspecified atom stereocenters. The Balaban J connectivity index is 2.08. The van der Waals surface area contributed by atoms with E-state index >= 15 is 0 Å². The van der Waals surface area contributed by atoms with Gasteiger partial charge in [-0.3, -0.25) is 0 Å². The minimum Gasteiger partial charge on any atom is -0.383 e. The van der Waals surface area contributed by atoms with Gasteiger partial charge in [0.1, 0.15) is 16.5 Å². The molecule has 0 aliphatic carbocycles. The first kappa shape index (κ1) is 15.6. The van der Waals surface area contributed by atoms with Crippen molar-refractivity contribution in [3.63, 3.8) is 0 Å². The van der Waals surface area contributed by atoms with Crippen molar-refractivity contribution in [2.75, 3.05) is 18.2 Å². The van der Waals surface area contributed by atoms with Gasteiger partial charge >= 0.3 is 0 Å². The smallest absolute Gasteiger partial charge is 0.231 e. The fourth-order valence-electron chi connectivity index (χ4n) is 2.44. The number of nitrogens with zero attached hydrogens (tertiary/aromatic N) is 3. The third-order valence-electron chi connectivity index (χ3n) is 3.78. The molecule has 0 amide bonds. The third-order valence-corrected chi connectivity index (χ3v) is 5.27. The number of pyridine rings is 1. The molecule has 7 heteroatoms. The Bertz CT molecular complexity index is 845. The van der Waals surface area contributed by atoms with Crippen LogP contribution in [0.3, 0.4) is 0 Å². The lowest BCUT2D eigenvalue weighted by Gasteiger charge is -2.22. The molecular formula is C16H19N5OS. The monoisotopic (exact) mass is 329 g/mol. The molecule has 0 aliphatic rings. The van der Waals surface area contributed by atoms with Gasteiger partial charge in [0.05, 0.1) is 11.0 Å². The number of nitrogens with one attached hydrogen (secondary N) is 1. The molecule has 3 heterocycles. The summed E-state index contributed by atoms with van der Waals surface area (Å²) in [6.07, 6.45) is 1.71. The van der Waals surface area contributed by atoms with Crippen LogP contribution in [0.15, 0.2) is 24.4 Å². The van der Waals surface area contributed by atoms with Crippen LogP contribution in [0.4, 0.5) is 17.6 Å². The van der Waals surface area contributed by atoms with Crippen molar-refractivity contribution in [1.29, 1.82) is 0 Å². The van der Waals surface area contributed by atoms with Crippen LogP contribution in [0, 0.1) is 6.92 Å². The van der Waals surface area contributed by atoms with Gasteiger partial charge in [-0.1, -0.05) is 6.07 Å². The maximum atomic E-state index is 6.16. The summed E-state index contributed by atoms with van der Waals surface area (Å²) in [6.45, 7) is 6.09. The Hall–Kier alpha value is -2.25. The third kappa shape index (κ3) is 2.85. The van der Waals surface area contributed by atoms with Crippen LogP contribution in [0.25, 0.3) is 10.2 Å². The molecule has 23 heavy (non-hydrogen) atoms. The number of methoxy groups -OCH3 is 1. The summed E-state index contributed by atoms with van der Waals surface area (Å²) in [7, 11) is 1.70. The zero-order valence-electron chi connectivity index (χ0n) is 13.5. The number of thiophene rings is 1. The average molecular weight is 329 g/mol. The zero-order valence-corrected chi connectivity index (χ0v) is 14.4. The summed E-state index contributed by atoms with van der Waals surface area (Å²) in [6, 6.07) is 5.60. The lowest BCUT2D eigenvalue weighted by molar-refractivity contribution is 0.0220. The first-order valence-corrected chi connectivity index (χ1v) is 8.04. The largest absolute Gasteiger partial charge is 0.383 e. The van der Waals surface area contributed by atoms with E-state index in [9.17, 15) is 0 Å². The highest BCUT2D eigenvalue weighted by Gasteiger charge is 2.27. The predicted octanol–water partition coefficient (Wildman–Crippen LogP) is 3.60. The van der Waals surface area contributed by atoms with E-state index in [1.165, 1.54) is 0 Å². The van der Waals surface area contributed by atoms with Crippen molar-refractivity contribution in [2.24, 2.45) is 0 Å². The van der Waals surface area contributed by atoms with Gasteiger partial charge in [-0.25, -0.2) is 9.97 Å². The van der Waals surface area contributed by atoms with Crippen LogP contribution in [0.2, 0.25) is 0 Å². The Morgan fingerprint density at radius 1 is 1.26 bits per heavy atom. The molecule has 0 aliphatic heterocycles. The minimum atomic E-state index is -0.392. The summed E-state index contributed by atoms with van der Waals surface area (Å²) < 4.78 is 5.60. The maximum absolute atomic E-state index is 6.16. The van der Waals surface area contributed by atoms with E-state index in [4.69, 9.17) is 10.5 Å². The van der Waals surface area contributed by atoms with Crippen LogP contribution < -0.4 is 11.1 Å². The average Bonchev–Trinajstić information content (AvgIpc) is 2.86. The molecule has 0 fully saturated rings. The number of hydrogen-bond donors (Lipinski definition) is 2. The van der Waals surface area contributed by atoms with Crippen LogP contribution >= 0.6 is 11.3 Å². The number of rotatable bonds is 4. The Kier molecular flexibility index (Phi) is 3.91. The van der Waals surface area contributed by atoms with Crippen molar-refractivity contribution in [2.45, 2.75) is 26.4 Å². The summed E-state index contributed by atoms with van der Waals surface area (Å²) in [5.74, 6) is 1.58. The van der Waals surface area contributed by atoms with Gasteiger partial charge in [-0.05, 0) is 38.5 Å². The topological polar surface area (TPSA) is 86.0 Å². The van der Waals surface area contributed by atoms with Gasteiger partial charge in [-0.2, -0.15) is 4.98 Å². The molecule has 0 aromatic carbocycles. The molecule has 0 spiro atoms. The number of nitrogens with two attached hydrogens (primary N) is 1. The van der Waals surface area contributed by atoms with E-state index in [1.807, 2.05) is 39.0 Å². The SMILES string of the molecule is COC(C)(C)c1sc2nc(Nc3ccccn3)nc(N)c2c1C. The maximum Gasteiger partial charge on any atom is 0.231 e. The van der Waals surface area contributed by atoms with Crippen molar-refractivity contribution in [1.82, 2.24) is 15.0 Å². The van der Waals surface area contributed by atoms with Gasteiger partial charge in [0.2, 0.25) is 5.95 Å². The number of anilines is 3. The molecule has 6 nitrogen and oxygen atoms in total. The van der Waals surface area contributed by atoms with E-state index in [0.29, 0.717) is 17.6 Å². The minimum absolute atomic E-state index is 0.392. The first-order valence-electron chi connectivity index (χ1n) is 7.22. The highest BCUT2D eigenvalue weighted by molar-refractivity contribution is 7.19. The highest BCUT2D eigenvalue weighted by Crippen LogP contribution is 2.40. The van der Waals surface area contributed by atoms with Gasteiger partial charge in [0.15, 0.2) is 0 Å². The second-order valence-corrected chi connectivity index (χ2v) is 6.72. The second kappa shape index (κ2) is 5.75. The molecule has 3 aromatic heterocycles. The highest BCUT2D eigenvalue weighted by atomic mass is 32.1. The summed E-state index contributed by atoms with van der Waals surface area (Å²) in [5, 5.41) is 3.97. The summed E-state index contributed by atoms with van der Waals surface area (Å²) >= 11 is 1.58. The lowest BCUT2D eigenvalue weighted by Crippen LogP contribution is -2.18. The van der Waals surface area contributed by atoms with Gasteiger partial charge in [0, 0.05) is 18.2 Å². The molecule has 0 saturated heterocycles. The van der Waals surface area contributed by atoms with E-state index in [0.717, 1.165) is 20.7 Å². The van der Waals surface area contributed by atoms with E-state index in [-0.39, 0.29) is 0 Å². The molecule has 0 atom stereocenters. The van der Waals surface area contributed by atoms with Crippen molar-refractivity contribution < 1.29 is 4.74 Å². The standard InChI is InChI=1S/C16H19N5OS/c1-9-11-13(17)20-15(19-10-7-5-6-8-18-10)21-14(11)23-12(9)16(2,3)22-4/h5-8H,1-4H3,(H3,17,18,19,20,21). The molecule has 120 valence electrons. The summed E-state index contributed by atoms with van der Waals surface area (Å²) in [5.41, 5.74) is 6.84. The molecule has 3 N–H and O–H groups in total. The molecule has 0 radical (unpaired) electrons. The molecule has 0 saturated carbocycles. The molecule has 0 bridgehead atoms. The molecule has 3 rings (SSSR count). The molecule has 3 aromatic rings. The van der Waals surface area contributed by atoms with Gasteiger partial charge < -0.3 is 15.8 Å². The van der Waals surface area contributed by atoms with Crippen LogP contribution in [0.5, 0.6) is 0 Å². The zero-order chi connectivity index (χ0) is 16.6. The normalized spacial score (nSPS) is 11.8. The van der Waals surface area contributed by atoms with E-state index in [1.54, 1.807) is 24.6 Å². The number of hydrogen-bond acceptors (Lipinski definition) is 7. The number of fused-ring (bicyclic) bond motifs is 1. The van der Waals surface area contributed by atoms with Crippen molar-refractivity contribution >= 4 is 39.1 Å². The fraction of sp³-hybridized carbons (Fsp3) is 0.312. The van der Waals surface area contributed by atoms with E-state index < -0.39 is 5.60 Å². The van der Waals surface area contributed by atoms with Crippen molar-refractivity contribution in [3.8, 4) is 0 Å². The van der Waals surface area contributed by atoms with E-state index in [2.05, 4.69) is 20.3 Å². The lowest BCUT2D eigenvalue weighted by atomic mass is 10.0. The van der Waals surface area contributed by atoms with Gasteiger partial charge in [-0.15, -0.1) is 11.3 Å². The van der Waals surface area contributed by atoms with Crippen LogP contribution in [-0.2, 0) is 10.3 Å². The van der Waals surface area contributed by atoms with Gasteiger partial charge in [0.25, 0.3) is 0 Å². The number of aryl methyl sites for hydroxylation is 1. The predicted molar refractivity (Wildman–Crippen MR) is 94.1 cm³/mol. The number of aromatic nitrogens is 3. The Morgan fingerprint density at radius 3 is 2.70 bits per heavy atom. The molecular weight excluding hydrogens is 310 g/mol. The number of nitrogen functional groups attached to an aromatic ring is 1.